The molecule has 5 heteroatoms. The summed E-state index contributed by atoms with van der Waals surface area (Å²) in [7, 11) is 0. The lowest BCUT2D eigenvalue weighted by molar-refractivity contribution is -0.116. The van der Waals surface area contributed by atoms with Gasteiger partial charge in [-0.25, -0.2) is 10.4 Å². The van der Waals surface area contributed by atoms with Gasteiger partial charge in [-0.1, -0.05) is 60.7 Å². The van der Waals surface area contributed by atoms with Gasteiger partial charge < -0.3 is 0 Å². The molecule has 0 saturated carbocycles. The number of hydrazone groups is 1. The minimum Gasteiger partial charge on any atom is -0.268 e. The van der Waals surface area contributed by atoms with E-state index >= 15 is 0 Å². The Morgan fingerprint density at radius 2 is 1.62 bits per heavy atom. The molecule has 0 saturated heterocycles. The van der Waals surface area contributed by atoms with Crippen LogP contribution in [0.1, 0.15) is 16.8 Å². The minimum atomic E-state index is -0.299. The number of nitrogens with one attached hydrogen (secondary N) is 1. The molecule has 1 N–H and O–H groups in total. The highest BCUT2D eigenvalue weighted by Gasteiger charge is 2.06. The van der Waals surface area contributed by atoms with E-state index < -0.39 is 0 Å². The molecule has 0 spiro atoms. The number of amides is 1. The van der Waals surface area contributed by atoms with Crippen LogP contribution in [0.25, 0.3) is 6.08 Å². The Hall–Kier alpha value is -3.05. The normalized spacial score (nSPS) is 10.5. The second-order valence-electron chi connectivity index (χ2n) is 4.92. The second kappa shape index (κ2) is 7.99. The fourth-order valence-corrected chi connectivity index (χ4v) is 2.62. The third-order valence-electron chi connectivity index (χ3n) is 3.23. The average Bonchev–Trinajstić information content (AvgIpc) is 3.16. The van der Waals surface area contributed by atoms with Gasteiger partial charge in [0.25, 0.3) is 5.91 Å². The van der Waals surface area contributed by atoms with Crippen LogP contribution >= 0.6 is 11.3 Å². The number of nitrogens with zero attached hydrogens (tertiary/aromatic N) is 2. The van der Waals surface area contributed by atoms with E-state index in [9.17, 15) is 4.79 Å². The molecule has 0 unspecified atom stereocenters. The fraction of sp³-hybridized carbons (Fsp3) is 0. The molecule has 1 amide bonds. The number of aromatic nitrogens is 1. The lowest BCUT2D eigenvalue weighted by atomic mass is 10.0. The number of hydrogen-bond acceptors (Lipinski definition) is 4. The molecule has 3 rings (SSSR count). The van der Waals surface area contributed by atoms with E-state index in [4.69, 9.17) is 0 Å². The van der Waals surface area contributed by atoms with E-state index in [1.165, 1.54) is 17.4 Å². The minimum absolute atomic E-state index is 0.299. The Morgan fingerprint density at radius 3 is 2.17 bits per heavy atom. The van der Waals surface area contributed by atoms with Gasteiger partial charge >= 0.3 is 0 Å². The van der Waals surface area contributed by atoms with Gasteiger partial charge in [-0.2, -0.15) is 5.10 Å². The molecule has 4 nitrogen and oxygen atoms in total. The van der Waals surface area contributed by atoms with Crippen molar-refractivity contribution in [2.75, 3.05) is 0 Å². The molecular formula is C19H15N3OS. The number of hydrogen-bond donors (Lipinski definition) is 1. The maximum Gasteiger partial charge on any atom is 0.264 e. The average molecular weight is 333 g/mol. The Bertz CT molecular complexity index is 799. The standard InChI is InChI=1S/C19H15N3OS/c23-18(12-11-17-13-24-14-20-17)21-22-19(15-7-3-1-4-8-15)16-9-5-2-6-10-16/h1-14H,(H,21,23)/b12-11+. The van der Waals surface area contributed by atoms with Gasteiger partial charge in [0.1, 0.15) is 0 Å². The van der Waals surface area contributed by atoms with Gasteiger partial charge in [-0.15, -0.1) is 11.3 Å². The molecule has 0 aliphatic heterocycles. The zero-order valence-electron chi connectivity index (χ0n) is 12.8. The van der Waals surface area contributed by atoms with E-state index in [1.807, 2.05) is 66.0 Å². The van der Waals surface area contributed by atoms with E-state index in [2.05, 4.69) is 15.5 Å². The number of benzene rings is 2. The first-order valence-corrected chi connectivity index (χ1v) is 8.32. The summed E-state index contributed by atoms with van der Waals surface area (Å²) in [6.45, 7) is 0. The first kappa shape index (κ1) is 15.8. The molecule has 3 aromatic rings. The van der Waals surface area contributed by atoms with Crippen LogP contribution in [0.3, 0.4) is 0 Å². The summed E-state index contributed by atoms with van der Waals surface area (Å²) in [5, 5.41) is 6.18. The summed E-state index contributed by atoms with van der Waals surface area (Å²) in [6.07, 6.45) is 3.08. The smallest absolute Gasteiger partial charge is 0.264 e. The van der Waals surface area contributed by atoms with Crippen molar-refractivity contribution in [2.24, 2.45) is 5.10 Å². The summed E-state index contributed by atoms with van der Waals surface area (Å²) in [5.41, 5.74) is 7.65. The van der Waals surface area contributed by atoms with E-state index in [-0.39, 0.29) is 5.91 Å². The predicted octanol–water partition coefficient (Wildman–Crippen LogP) is 3.73. The zero-order chi connectivity index (χ0) is 16.6. The Morgan fingerprint density at radius 1 is 1.00 bits per heavy atom. The number of thiazole rings is 1. The molecule has 0 atom stereocenters. The van der Waals surface area contributed by atoms with Gasteiger partial charge in [0.2, 0.25) is 0 Å². The van der Waals surface area contributed by atoms with E-state index in [0.717, 1.165) is 16.8 Å². The van der Waals surface area contributed by atoms with Crippen LogP contribution in [-0.2, 0) is 4.79 Å². The third-order valence-corrected chi connectivity index (χ3v) is 3.83. The van der Waals surface area contributed by atoms with Gasteiger partial charge in [0.15, 0.2) is 0 Å². The summed E-state index contributed by atoms with van der Waals surface area (Å²) >= 11 is 1.48. The van der Waals surface area contributed by atoms with Gasteiger partial charge in [0, 0.05) is 22.6 Å². The molecular weight excluding hydrogens is 318 g/mol. The molecule has 118 valence electrons. The zero-order valence-corrected chi connectivity index (χ0v) is 13.6. The van der Waals surface area contributed by atoms with Crippen LogP contribution in [0.5, 0.6) is 0 Å². The quantitative estimate of drug-likeness (QED) is 0.439. The molecule has 0 aliphatic rings. The van der Waals surface area contributed by atoms with E-state index in [0.29, 0.717) is 5.71 Å². The maximum atomic E-state index is 12.0. The molecule has 0 fully saturated rings. The topological polar surface area (TPSA) is 54.4 Å². The van der Waals surface area contributed by atoms with Gasteiger partial charge in [-0.3, -0.25) is 4.79 Å². The number of rotatable bonds is 5. The summed E-state index contributed by atoms with van der Waals surface area (Å²) in [6, 6.07) is 19.5. The first-order valence-electron chi connectivity index (χ1n) is 7.38. The third kappa shape index (κ3) is 4.24. The van der Waals surface area contributed by atoms with Crippen LogP contribution in [0.15, 0.2) is 82.7 Å². The molecule has 2 aromatic carbocycles. The summed E-state index contributed by atoms with van der Waals surface area (Å²) < 4.78 is 0. The van der Waals surface area contributed by atoms with Crippen molar-refractivity contribution in [1.82, 2.24) is 10.4 Å². The van der Waals surface area contributed by atoms with Crippen molar-refractivity contribution in [2.45, 2.75) is 0 Å². The van der Waals surface area contributed by atoms with Crippen molar-refractivity contribution in [1.29, 1.82) is 0 Å². The van der Waals surface area contributed by atoms with Gasteiger partial charge in [0.05, 0.1) is 16.9 Å². The summed E-state index contributed by atoms with van der Waals surface area (Å²) in [4.78, 5) is 16.1. The van der Waals surface area contributed by atoms with E-state index in [1.54, 1.807) is 11.6 Å². The Labute approximate surface area is 144 Å². The molecule has 0 radical (unpaired) electrons. The van der Waals surface area contributed by atoms with Crippen LogP contribution in [0.2, 0.25) is 0 Å². The molecule has 0 bridgehead atoms. The molecule has 24 heavy (non-hydrogen) atoms. The van der Waals surface area contributed by atoms with Crippen molar-refractivity contribution >= 4 is 29.0 Å². The van der Waals surface area contributed by atoms with Gasteiger partial charge in [-0.05, 0) is 6.08 Å². The van der Waals surface area contributed by atoms with Crippen LogP contribution in [0, 0.1) is 0 Å². The maximum absolute atomic E-state index is 12.0. The first-order chi connectivity index (χ1) is 11.8. The number of carbonyl (C=O) groups is 1. The van der Waals surface area contributed by atoms with Crippen molar-refractivity contribution in [3.8, 4) is 0 Å². The van der Waals surface area contributed by atoms with Crippen molar-refractivity contribution in [3.05, 3.63) is 94.5 Å². The molecule has 1 heterocycles. The highest BCUT2D eigenvalue weighted by atomic mass is 32.1. The predicted molar refractivity (Wildman–Crippen MR) is 97.8 cm³/mol. The summed E-state index contributed by atoms with van der Waals surface area (Å²) in [5.74, 6) is -0.299. The lowest BCUT2D eigenvalue weighted by Crippen LogP contribution is -2.18. The Balaban J connectivity index is 1.81. The molecule has 0 aliphatic carbocycles. The molecule has 1 aromatic heterocycles. The highest BCUT2D eigenvalue weighted by molar-refractivity contribution is 7.07. The number of carbonyl (C=O) groups excluding carboxylic acids is 1. The SMILES string of the molecule is O=C(/C=C/c1cscn1)NN=C(c1ccccc1)c1ccccc1. The van der Waals surface area contributed by atoms with Crippen molar-refractivity contribution < 1.29 is 4.79 Å². The van der Waals surface area contributed by atoms with Crippen LogP contribution in [-0.4, -0.2) is 16.6 Å². The van der Waals surface area contributed by atoms with Crippen molar-refractivity contribution in [3.63, 3.8) is 0 Å². The van der Waals surface area contributed by atoms with Crippen LogP contribution < -0.4 is 5.43 Å². The Kier molecular flexibility index (Phi) is 5.27. The van der Waals surface area contributed by atoms with Crippen LogP contribution in [0.4, 0.5) is 0 Å². The lowest BCUT2D eigenvalue weighted by Gasteiger charge is -2.07. The second-order valence-corrected chi connectivity index (χ2v) is 5.63. The largest absolute Gasteiger partial charge is 0.268 e. The fourth-order valence-electron chi connectivity index (χ4n) is 2.10. The highest BCUT2D eigenvalue weighted by Crippen LogP contribution is 2.10. The monoisotopic (exact) mass is 333 g/mol.